The minimum absolute atomic E-state index is 0.126. The maximum Gasteiger partial charge on any atom is 0.161 e. The van der Waals surface area contributed by atoms with Crippen molar-refractivity contribution in [2.45, 2.75) is 26.5 Å². The van der Waals surface area contributed by atoms with Crippen LogP contribution in [0.5, 0.6) is 11.5 Å². The maximum atomic E-state index is 5.70. The summed E-state index contributed by atoms with van der Waals surface area (Å²) in [5, 5.41) is 3.27. The second kappa shape index (κ2) is 6.80. The second-order valence-corrected chi connectivity index (χ2v) is 4.72. The number of benzene rings is 1. The van der Waals surface area contributed by atoms with Crippen molar-refractivity contribution < 1.29 is 9.47 Å². The molecule has 0 radical (unpaired) electrons. The highest BCUT2D eigenvalue weighted by Crippen LogP contribution is 2.29. The number of nitrogens with zero attached hydrogens (tertiary/aromatic N) is 1. The third kappa shape index (κ3) is 3.88. The summed E-state index contributed by atoms with van der Waals surface area (Å²) >= 11 is 0. The van der Waals surface area contributed by atoms with Crippen LogP contribution in [0.4, 0.5) is 5.82 Å². The molecule has 0 saturated heterocycles. The van der Waals surface area contributed by atoms with E-state index < -0.39 is 0 Å². The molecule has 1 N–H and O–H groups in total. The van der Waals surface area contributed by atoms with Crippen molar-refractivity contribution >= 4 is 5.82 Å². The van der Waals surface area contributed by atoms with Gasteiger partial charge < -0.3 is 14.8 Å². The van der Waals surface area contributed by atoms with Gasteiger partial charge in [0.25, 0.3) is 0 Å². The first kappa shape index (κ1) is 14.2. The third-order valence-corrected chi connectivity index (χ3v) is 2.73. The molecule has 0 spiro atoms. The maximum absolute atomic E-state index is 5.70. The fraction of sp³-hybridized carbons (Fsp3) is 0.312. The quantitative estimate of drug-likeness (QED) is 0.874. The number of anilines is 1. The van der Waals surface area contributed by atoms with Gasteiger partial charge in [-0.05, 0) is 43.7 Å². The zero-order chi connectivity index (χ0) is 14.4. The molecule has 2 aromatic rings. The van der Waals surface area contributed by atoms with Crippen molar-refractivity contribution in [3.8, 4) is 11.5 Å². The minimum atomic E-state index is 0.126. The number of aromatic nitrogens is 1. The van der Waals surface area contributed by atoms with Gasteiger partial charge >= 0.3 is 0 Å². The first-order valence-corrected chi connectivity index (χ1v) is 6.67. The van der Waals surface area contributed by atoms with E-state index in [0.29, 0.717) is 6.54 Å². The van der Waals surface area contributed by atoms with Gasteiger partial charge in [-0.25, -0.2) is 4.98 Å². The molecule has 0 atom stereocenters. The van der Waals surface area contributed by atoms with Gasteiger partial charge in [-0.15, -0.1) is 0 Å². The van der Waals surface area contributed by atoms with Crippen molar-refractivity contribution in [2.75, 3.05) is 12.4 Å². The van der Waals surface area contributed by atoms with Gasteiger partial charge in [-0.2, -0.15) is 0 Å². The molecule has 106 valence electrons. The Morgan fingerprint density at radius 3 is 2.65 bits per heavy atom. The lowest BCUT2D eigenvalue weighted by molar-refractivity contribution is 0.230. The smallest absolute Gasteiger partial charge is 0.161 e. The summed E-state index contributed by atoms with van der Waals surface area (Å²) in [5.74, 6) is 2.37. The Hall–Kier alpha value is -2.23. The highest BCUT2D eigenvalue weighted by Gasteiger charge is 2.07. The number of methoxy groups -OCH3 is 1. The Kier molecular flexibility index (Phi) is 4.82. The average Bonchev–Trinajstić information content (AvgIpc) is 2.46. The van der Waals surface area contributed by atoms with Crippen LogP contribution in [0.3, 0.4) is 0 Å². The number of hydrogen-bond acceptors (Lipinski definition) is 4. The number of hydrogen-bond donors (Lipinski definition) is 1. The van der Waals surface area contributed by atoms with Crippen LogP contribution in [0.2, 0.25) is 0 Å². The van der Waals surface area contributed by atoms with E-state index in [4.69, 9.17) is 9.47 Å². The Morgan fingerprint density at radius 1 is 1.15 bits per heavy atom. The Labute approximate surface area is 119 Å². The number of nitrogens with one attached hydrogen (secondary N) is 1. The van der Waals surface area contributed by atoms with Gasteiger partial charge in [0.05, 0.1) is 13.2 Å². The normalized spacial score (nSPS) is 10.4. The summed E-state index contributed by atoms with van der Waals surface area (Å²) in [6.07, 6.45) is 1.89. The molecule has 0 saturated carbocycles. The molecule has 4 nitrogen and oxygen atoms in total. The van der Waals surface area contributed by atoms with E-state index in [0.717, 1.165) is 22.9 Å². The molecular weight excluding hydrogens is 252 g/mol. The molecular formula is C16H20N2O2. The van der Waals surface area contributed by atoms with Crippen molar-refractivity contribution in [1.82, 2.24) is 4.98 Å². The van der Waals surface area contributed by atoms with Crippen molar-refractivity contribution in [3.05, 3.63) is 48.2 Å². The number of rotatable bonds is 6. The SMILES string of the molecule is COc1cc(CNc2ccccn2)ccc1OC(C)C. The highest BCUT2D eigenvalue weighted by molar-refractivity contribution is 5.44. The highest BCUT2D eigenvalue weighted by atomic mass is 16.5. The Morgan fingerprint density at radius 2 is 2.00 bits per heavy atom. The first-order valence-electron chi connectivity index (χ1n) is 6.67. The lowest BCUT2D eigenvalue weighted by Gasteiger charge is -2.14. The fourth-order valence-electron chi connectivity index (χ4n) is 1.83. The number of ether oxygens (including phenoxy) is 2. The van der Waals surface area contributed by atoms with Crippen molar-refractivity contribution in [1.29, 1.82) is 0 Å². The van der Waals surface area contributed by atoms with Gasteiger partial charge in [-0.1, -0.05) is 12.1 Å². The second-order valence-electron chi connectivity index (χ2n) is 4.72. The molecule has 0 amide bonds. The minimum Gasteiger partial charge on any atom is -0.493 e. The van der Waals surface area contributed by atoms with Crippen molar-refractivity contribution in [2.24, 2.45) is 0 Å². The summed E-state index contributed by atoms with van der Waals surface area (Å²) in [6, 6.07) is 11.7. The van der Waals surface area contributed by atoms with Crippen LogP contribution >= 0.6 is 0 Å². The van der Waals surface area contributed by atoms with E-state index >= 15 is 0 Å². The predicted molar refractivity (Wildman–Crippen MR) is 80.3 cm³/mol. The molecule has 4 heteroatoms. The van der Waals surface area contributed by atoms with Gasteiger partial charge in [0.15, 0.2) is 11.5 Å². The molecule has 2 rings (SSSR count). The Bertz CT molecular complexity index is 541. The van der Waals surface area contributed by atoms with E-state index in [1.165, 1.54) is 0 Å². The molecule has 0 aliphatic heterocycles. The number of pyridine rings is 1. The lowest BCUT2D eigenvalue weighted by atomic mass is 10.2. The fourth-order valence-corrected chi connectivity index (χ4v) is 1.83. The van der Waals surface area contributed by atoms with E-state index in [9.17, 15) is 0 Å². The summed E-state index contributed by atoms with van der Waals surface area (Å²) < 4.78 is 11.1. The van der Waals surface area contributed by atoms with E-state index in [1.807, 2.05) is 50.2 Å². The zero-order valence-corrected chi connectivity index (χ0v) is 12.1. The molecule has 0 aliphatic rings. The summed E-state index contributed by atoms with van der Waals surface area (Å²) in [4.78, 5) is 4.23. The van der Waals surface area contributed by atoms with E-state index in [1.54, 1.807) is 13.3 Å². The van der Waals surface area contributed by atoms with Crippen LogP contribution in [-0.2, 0) is 6.54 Å². The summed E-state index contributed by atoms with van der Waals surface area (Å²) in [5.41, 5.74) is 1.11. The van der Waals surface area contributed by atoms with Crippen LogP contribution in [-0.4, -0.2) is 18.2 Å². The molecule has 1 aromatic heterocycles. The average molecular weight is 272 g/mol. The first-order chi connectivity index (χ1) is 9.69. The standard InChI is InChI=1S/C16H20N2O2/c1-12(2)20-14-8-7-13(10-15(14)19-3)11-18-16-6-4-5-9-17-16/h4-10,12H,11H2,1-3H3,(H,17,18). The molecule has 0 bridgehead atoms. The van der Waals surface area contributed by atoms with E-state index in [2.05, 4.69) is 10.3 Å². The molecule has 0 aliphatic carbocycles. The van der Waals surface area contributed by atoms with Crippen LogP contribution in [0.15, 0.2) is 42.6 Å². The third-order valence-electron chi connectivity index (χ3n) is 2.73. The summed E-state index contributed by atoms with van der Waals surface area (Å²) in [7, 11) is 1.65. The largest absolute Gasteiger partial charge is 0.493 e. The van der Waals surface area contributed by atoms with Crippen LogP contribution in [0.25, 0.3) is 0 Å². The molecule has 1 aromatic carbocycles. The molecule has 0 unspecified atom stereocenters. The van der Waals surface area contributed by atoms with Gasteiger partial charge in [-0.3, -0.25) is 0 Å². The molecule has 20 heavy (non-hydrogen) atoms. The lowest BCUT2D eigenvalue weighted by Crippen LogP contribution is -2.07. The molecule has 1 heterocycles. The van der Waals surface area contributed by atoms with Crippen LogP contribution < -0.4 is 14.8 Å². The topological polar surface area (TPSA) is 43.4 Å². The van der Waals surface area contributed by atoms with Crippen LogP contribution in [0.1, 0.15) is 19.4 Å². The van der Waals surface area contributed by atoms with Gasteiger partial charge in [0.1, 0.15) is 5.82 Å². The Balaban J connectivity index is 2.05. The van der Waals surface area contributed by atoms with Crippen molar-refractivity contribution in [3.63, 3.8) is 0 Å². The van der Waals surface area contributed by atoms with Crippen LogP contribution in [0, 0.1) is 0 Å². The van der Waals surface area contributed by atoms with Gasteiger partial charge in [0.2, 0.25) is 0 Å². The molecule has 0 fully saturated rings. The summed E-state index contributed by atoms with van der Waals surface area (Å²) in [6.45, 7) is 4.68. The van der Waals surface area contributed by atoms with Gasteiger partial charge in [0, 0.05) is 12.7 Å². The zero-order valence-electron chi connectivity index (χ0n) is 12.1. The monoisotopic (exact) mass is 272 g/mol. The van der Waals surface area contributed by atoms with E-state index in [-0.39, 0.29) is 6.10 Å². The predicted octanol–water partition coefficient (Wildman–Crippen LogP) is 3.49.